The maximum atomic E-state index is 12.7. The van der Waals surface area contributed by atoms with Crippen LogP contribution in [-0.4, -0.2) is 84.9 Å². The van der Waals surface area contributed by atoms with Crippen LogP contribution >= 0.6 is 0 Å². The number of aromatic nitrogens is 1. The molecule has 2 fully saturated rings. The summed E-state index contributed by atoms with van der Waals surface area (Å²) in [5.74, 6) is 1.25. The minimum absolute atomic E-state index is 0.358. The smallest absolute Gasteiger partial charge is 0.146 e. The molecule has 2 aliphatic rings. The maximum absolute atomic E-state index is 12.7. The number of fused-ring (bicyclic) bond motifs is 1. The summed E-state index contributed by atoms with van der Waals surface area (Å²) in [5.41, 5.74) is 2.67. The van der Waals surface area contributed by atoms with Gasteiger partial charge in [-0.1, -0.05) is 19.1 Å². The Hall–Kier alpha value is -2.33. The van der Waals surface area contributed by atoms with Crippen molar-refractivity contribution in [1.29, 1.82) is 5.26 Å². The van der Waals surface area contributed by atoms with Crippen molar-refractivity contribution in [3.8, 4) is 6.07 Å². The van der Waals surface area contributed by atoms with Crippen LogP contribution in [0.15, 0.2) is 30.5 Å². The van der Waals surface area contributed by atoms with Gasteiger partial charge in [0.05, 0.1) is 17.6 Å². The molecule has 6 nitrogen and oxygen atoms in total. The lowest BCUT2D eigenvalue weighted by molar-refractivity contribution is -0.120. The highest BCUT2D eigenvalue weighted by molar-refractivity contribution is 5.87. The molecule has 170 valence electrons. The second-order valence-corrected chi connectivity index (χ2v) is 9.73. The standard InChI is InChI=1S/C26H35N5O/c1-20-15-22(24-8-7-21(16-27)26-25(24)6-3-9-28-26)18-31(17-20)19-23(32)5-4-10-30-13-11-29(2)12-14-30/h3,6-9,20,22H,4-5,10-15,17-19H2,1-2H3/t20-,22+/m1/s1. The van der Waals surface area contributed by atoms with Crippen molar-refractivity contribution < 1.29 is 4.79 Å². The van der Waals surface area contributed by atoms with Crippen LogP contribution in [0.1, 0.15) is 43.2 Å². The van der Waals surface area contributed by atoms with Crippen LogP contribution in [0.2, 0.25) is 0 Å². The molecule has 0 N–H and O–H groups in total. The average Bonchev–Trinajstić information content (AvgIpc) is 2.79. The van der Waals surface area contributed by atoms with E-state index in [-0.39, 0.29) is 0 Å². The van der Waals surface area contributed by atoms with Gasteiger partial charge in [0.15, 0.2) is 0 Å². The number of carbonyl (C=O) groups is 1. The first-order valence-electron chi connectivity index (χ1n) is 12.0. The highest BCUT2D eigenvalue weighted by atomic mass is 16.1. The molecule has 2 aromatic rings. The fraction of sp³-hybridized carbons (Fsp3) is 0.577. The van der Waals surface area contributed by atoms with E-state index in [0.717, 1.165) is 69.6 Å². The number of likely N-dealkylation sites (tertiary alicyclic amines) is 1. The Morgan fingerprint density at radius 2 is 1.97 bits per heavy atom. The molecule has 0 spiro atoms. The third-order valence-corrected chi connectivity index (χ3v) is 7.02. The van der Waals surface area contributed by atoms with Gasteiger partial charge < -0.3 is 9.80 Å². The molecular weight excluding hydrogens is 398 g/mol. The molecule has 1 aromatic heterocycles. The summed E-state index contributed by atoms with van der Waals surface area (Å²) < 4.78 is 0. The molecule has 6 heteroatoms. The Balaban J connectivity index is 1.35. The number of carbonyl (C=O) groups excluding carboxylic acids is 1. The predicted octanol–water partition coefficient (Wildman–Crippen LogP) is 3.13. The quantitative estimate of drug-likeness (QED) is 0.669. The number of benzene rings is 1. The number of hydrogen-bond donors (Lipinski definition) is 0. The average molecular weight is 434 g/mol. The number of ketones is 1. The number of nitriles is 1. The SMILES string of the molecule is C[C@@H]1C[C@H](c2ccc(C#N)c3ncccc23)CN(CC(=O)CCCN2CCN(C)CC2)C1. The molecule has 2 saturated heterocycles. The minimum Gasteiger partial charge on any atom is -0.304 e. The number of rotatable bonds is 7. The number of likely N-dealkylation sites (N-methyl/N-ethyl adjacent to an activating group) is 1. The fourth-order valence-corrected chi connectivity index (χ4v) is 5.36. The van der Waals surface area contributed by atoms with Gasteiger partial charge in [0.1, 0.15) is 11.9 Å². The lowest BCUT2D eigenvalue weighted by Crippen LogP contribution is -2.45. The van der Waals surface area contributed by atoms with Crippen LogP contribution in [0.3, 0.4) is 0 Å². The van der Waals surface area contributed by atoms with E-state index >= 15 is 0 Å². The summed E-state index contributed by atoms with van der Waals surface area (Å²) >= 11 is 0. The first kappa shape index (κ1) is 22.8. The molecule has 2 atom stereocenters. The van der Waals surface area contributed by atoms with Crippen LogP contribution in [-0.2, 0) is 4.79 Å². The third-order valence-electron chi connectivity index (χ3n) is 7.02. The Kier molecular flexibility index (Phi) is 7.51. The predicted molar refractivity (Wildman–Crippen MR) is 128 cm³/mol. The lowest BCUT2D eigenvalue weighted by atomic mass is 9.83. The molecule has 0 unspecified atom stereocenters. The summed E-state index contributed by atoms with van der Waals surface area (Å²) in [6.07, 6.45) is 4.49. The van der Waals surface area contributed by atoms with Gasteiger partial charge in [0, 0.05) is 57.3 Å². The number of piperidine rings is 1. The van der Waals surface area contributed by atoms with Crippen molar-refractivity contribution >= 4 is 16.7 Å². The molecule has 0 saturated carbocycles. The van der Waals surface area contributed by atoms with E-state index in [0.29, 0.717) is 36.1 Å². The van der Waals surface area contributed by atoms with Gasteiger partial charge in [-0.25, -0.2) is 0 Å². The second kappa shape index (κ2) is 10.5. The van der Waals surface area contributed by atoms with Gasteiger partial charge in [-0.05, 0) is 56.0 Å². The van der Waals surface area contributed by atoms with E-state index in [9.17, 15) is 10.1 Å². The van der Waals surface area contributed by atoms with Gasteiger partial charge in [0.2, 0.25) is 0 Å². The highest BCUT2D eigenvalue weighted by Gasteiger charge is 2.28. The molecule has 32 heavy (non-hydrogen) atoms. The van der Waals surface area contributed by atoms with Crippen molar-refractivity contribution in [2.45, 2.75) is 32.1 Å². The summed E-state index contributed by atoms with van der Waals surface area (Å²) in [6.45, 7) is 10.2. The third kappa shape index (κ3) is 5.53. The maximum Gasteiger partial charge on any atom is 0.146 e. The molecule has 0 radical (unpaired) electrons. The molecule has 3 heterocycles. The van der Waals surface area contributed by atoms with E-state index in [1.807, 2.05) is 12.1 Å². The second-order valence-electron chi connectivity index (χ2n) is 9.73. The van der Waals surface area contributed by atoms with Crippen LogP contribution in [0.4, 0.5) is 0 Å². The Morgan fingerprint density at radius 1 is 1.16 bits per heavy atom. The first-order chi connectivity index (χ1) is 15.5. The number of hydrogen-bond acceptors (Lipinski definition) is 6. The topological polar surface area (TPSA) is 63.5 Å². The zero-order valence-corrected chi connectivity index (χ0v) is 19.5. The lowest BCUT2D eigenvalue weighted by Gasteiger charge is -2.37. The zero-order chi connectivity index (χ0) is 22.5. The van der Waals surface area contributed by atoms with Crippen LogP contribution < -0.4 is 0 Å². The minimum atomic E-state index is 0.358. The monoisotopic (exact) mass is 433 g/mol. The summed E-state index contributed by atoms with van der Waals surface area (Å²) in [7, 11) is 2.17. The molecule has 0 amide bonds. The Labute approximate surface area is 191 Å². The van der Waals surface area contributed by atoms with Crippen molar-refractivity contribution in [3.05, 3.63) is 41.6 Å². The van der Waals surface area contributed by atoms with Crippen molar-refractivity contribution in [1.82, 2.24) is 19.7 Å². The largest absolute Gasteiger partial charge is 0.304 e. The van der Waals surface area contributed by atoms with Gasteiger partial charge in [-0.15, -0.1) is 0 Å². The van der Waals surface area contributed by atoms with E-state index in [4.69, 9.17) is 0 Å². The van der Waals surface area contributed by atoms with Gasteiger partial charge >= 0.3 is 0 Å². The number of pyridine rings is 1. The number of Topliss-reactive ketones (excluding diaryl/α,β-unsaturated/α-hetero) is 1. The fourth-order valence-electron chi connectivity index (χ4n) is 5.36. The Bertz CT molecular complexity index is 976. The van der Waals surface area contributed by atoms with Crippen molar-refractivity contribution in [2.24, 2.45) is 5.92 Å². The van der Waals surface area contributed by atoms with Crippen LogP contribution in [0.5, 0.6) is 0 Å². The molecular formula is C26H35N5O. The van der Waals surface area contributed by atoms with E-state index in [1.165, 1.54) is 5.56 Å². The van der Waals surface area contributed by atoms with Crippen molar-refractivity contribution in [2.75, 3.05) is 59.4 Å². The number of nitrogens with zero attached hydrogens (tertiary/aromatic N) is 5. The highest BCUT2D eigenvalue weighted by Crippen LogP contribution is 2.34. The van der Waals surface area contributed by atoms with E-state index < -0.39 is 0 Å². The van der Waals surface area contributed by atoms with Crippen LogP contribution in [0.25, 0.3) is 10.9 Å². The van der Waals surface area contributed by atoms with Gasteiger partial charge in [-0.3, -0.25) is 14.7 Å². The molecule has 2 aliphatic heterocycles. The first-order valence-corrected chi connectivity index (χ1v) is 12.0. The molecule has 4 rings (SSSR count). The molecule has 0 bridgehead atoms. The zero-order valence-electron chi connectivity index (χ0n) is 19.5. The Morgan fingerprint density at radius 3 is 2.75 bits per heavy atom. The molecule has 1 aromatic carbocycles. The van der Waals surface area contributed by atoms with Gasteiger partial charge in [0.25, 0.3) is 0 Å². The van der Waals surface area contributed by atoms with E-state index in [2.05, 4.69) is 51.9 Å². The van der Waals surface area contributed by atoms with Crippen molar-refractivity contribution in [3.63, 3.8) is 0 Å². The normalized spacial score (nSPS) is 23.3. The number of piperazine rings is 1. The summed E-state index contributed by atoms with van der Waals surface area (Å²) in [6, 6.07) is 10.3. The van der Waals surface area contributed by atoms with E-state index in [1.54, 1.807) is 6.20 Å². The van der Waals surface area contributed by atoms with Gasteiger partial charge in [-0.2, -0.15) is 5.26 Å². The summed E-state index contributed by atoms with van der Waals surface area (Å²) in [4.78, 5) is 24.4. The molecule has 0 aliphatic carbocycles. The summed E-state index contributed by atoms with van der Waals surface area (Å²) in [5, 5.41) is 10.5. The van der Waals surface area contributed by atoms with Crippen LogP contribution in [0, 0.1) is 17.2 Å².